The predicted octanol–water partition coefficient (Wildman–Crippen LogP) is 2.97. The summed E-state index contributed by atoms with van der Waals surface area (Å²) in [6.45, 7) is 4.22. The molecule has 1 aliphatic carbocycles. The number of thiophene rings is 1. The van der Waals surface area contributed by atoms with Crippen molar-refractivity contribution in [1.82, 2.24) is 9.62 Å². The number of hydrogen-bond acceptors (Lipinski definition) is 4. The molecule has 1 N–H and O–H groups in total. The van der Waals surface area contributed by atoms with Crippen LogP contribution in [-0.4, -0.2) is 38.4 Å². The number of sulfonamides is 1. The minimum atomic E-state index is -3.33. The molecule has 21 heavy (non-hydrogen) atoms. The minimum absolute atomic E-state index is 0.462. The summed E-state index contributed by atoms with van der Waals surface area (Å²) in [7, 11) is -3.33. The van der Waals surface area contributed by atoms with Crippen LogP contribution >= 0.6 is 27.3 Å². The highest BCUT2D eigenvalue weighted by molar-refractivity contribution is 9.11. The lowest BCUT2D eigenvalue weighted by Crippen LogP contribution is -2.45. The van der Waals surface area contributed by atoms with Gasteiger partial charge in [-0.15, -0.1) is 11.3 Å². The van der Waals surface area contributed by atoms with Gasteiger partial charge in [0.05, 0.1) is 8.68 Å². The fourth-order valence-corrected chi connectivity index (χ4v) is 6.63. The minimum Gasteiger partial charge on any atom is -0.314 e. The Labute approximate surface area is 139 Å². The SMILES string of the molecule is Cc1sc(Br)cc1S(=O)(=O)N1CCC(NCC2CC2)CC1. The topological polar surface area (TPSA) is 49.4 Å². The van der Waals surface area contributed by atoms with E-state index in [-0.39, 0.29) is 0 Å². The quantitative estimate of drug-likeness (QED) is 0.837. The van der Waals surface area contributed by atoms with E-state index < -0.39 is 10.0 Å². The predicted molar refractivity (Wildman–Crippen MR) is 89.3 cm³/mol. The number of piperidine rings is 1. The van der Waals surface area contributed by atoms with Gasteiger partial charge in [0, 0.05) is 24.0 Å². The van der Waals surface area contributed by atoms with Crippen molar-refractivity contribution in [2.24, 2.45) is 5.92 Å². The monoisotopic (exact) mass is 392 g/mol. The second-order valence-corrected chi connectivity index (χ2v) is 10.5. The van der Waals surface area contributed by atoms with E-state index in [9.17, 15) is 8.42 Å². The third kappa shape index (κ3) is 3.69. The van der Waals surface area contributed by atoms with Crippen LogP contribution in [0.15, 0.2) is 14.7 Å². The van der Waals surface area contributed by atoms with Gasteiger partial charge in [-0.1, -0.05) is 0 Å². The third-order valence-corrected chi connectivity index (χ3v) is 8.01. The molecule has 2 fully saturated rings. The zero-order chi connectivity index (χ0) is 15.0. The summed E-state index contributed by atoms with van der Waals surface area (Å²) < 4.78 is 27.9. The summed E-state index contributed by atoms with van der Waals surface area (Å²) in [6.07, 6.45) is 4.53. The summed E-state index contributed by atoms with van der Waals surface area (Å²) in [5, 5.41) is 3.58. The van der Waals surface area contributed by atoms with Gasteiger partial charge in [0.15, 0.2) is 0 Å². The summed E-state index contributed by atoms with van der Waals surface area (Å²) in [6, 6.07) is 2.21. The normalized spacial score (nSPS) is 21.8. The van der Waals surface area contributed by atoms with Gasteiger partial charge in [-0.25, -0.2) is 8.42 Å². The number of nitrogens with one attached hydrogen (secondary N) is 1. The molecule has 118 valence electrons. The van der Waals surface area contributed by atoms with E-state index in [1.54, 1.807) is 10.4 Å². The molecule has 1 saturated carbocycles. The molecule has 0 aromatic carbocycles. The molecular formula is C14H21BrN2O2S2. The van der Waals surface area contributed by atoms with E-state index in [0.29, 0.717) is 24.0 Å². The van der Waals surface area contributed by atoms with Crippen molar-refractivity contribution >= 4 is 37.3 Å². The van der Waals surface area contributed by atoms with Crippen LogP contribution in [0.5, 0.6) is 0 Å². The highest BCUT2D eigenvalue weighted by atomic mass is 79.9. The molecule has 2 aliphatic rings. The lowest BCUT2D eigenvalue weighted by atomic mass is 10.1. The Morgan fingerprint density at radius 2 is 2.00 bits per heavy atom. The van der Waals surface area contributed by atoms with Gasteiger partial charge < -0.3 is 5.32 Å². The average Bonchev–Trinajstić information content (AvgIpc) is 3.21. The van der Waals surface area contributed by atoms with Crippen molar-refractivity contribution in [2.45, 2.75) is 43.5 Å². The standard InChI is InChI=1S/C14H21BrN2O2S2/c1-10-13(8-14(15)20-10)21(18,19)17-6-4-12(5-7-17)16-9-11-2-3-11/h8,11-12,16H,2-7,9H2,1H3. The maximum atomic E-state index is 12.7. The Kier molecular flexibility index (Phi) is 4.76. The second-order valence-electron chi connectivity index (χ2n) is 6.00. The smallest absolute Gasteiger partial charge is 0.244 e. The molecule has 0 unspecified atom stereocenters. The van der Waals surface area contributed by atoms with E-state index in [1.165, 1.54) is 24.2 Å². The molecule has 1 saturated heterocycles. The van der Waals surface area contributed by atoms with E-state index >= 15 is 0 Å². The van der Waals surface area contributed by atoms with Crippen LogP contribution in [0.2, 0.25) is 0 Å². The van der Waals surface area contributed by atoms with E-state index in [0.717, 1.165) is 34.0 Å². The zero-order valence-corrected chi connectivity index (χ0v) is 15.4. The molecular weight excluding hydrogens is 372 g/mol. The summed E-state index contributed by atoms with van der Waals surface area (Å²) in [4.78, 5) is 1.32. The molecule has 2 heterocycles. The van der Waals surface area contributed by atoms with Crippen molar-refractivity contribution in [3.05, 3.63) is 14.7 Å². The van der Waals surface area contributed by atoms with Crippen molar-refractivity contribution in [1.29, 1.82) is 0 Å². The molecule has 0 atom stereocenters. The molecule has 1 aromatic rings. The van der Waals surface area contributed by atoms with Crippen LogP contribution in [0.3, 0.4) is 0 Å². The summed E-state index contributed by atoms with van der Waals surface area (Å²) in [5.41, 5.74) is 0. The molecule has 1 aliphatic heterocycles. The molecule has 0 amide bonds. The fraction of sp³-hybridized carbons (Fsp3) is 0.714. The van der Waals surface area contributed by atoms with Crippen LogP contribution in [0.4, 0.5) is 0 Å². The van der Waals surface area contributed by atoms with Crippen molar-refractivity contribution < 1.29 is 8.42 Å². The summed E-state index contributed by atoms with van der Waals surface area (Å²) >= 11 is 4.85. The largest absolute Gasteiger partial charge is 0.314 e. The zero-order valence-electron chi connectivity index (χ0n) is 12.1. The first-order valence-corrected chi connectivity index (χ1v) is 10.5. The van der Waals surface area contributed by atoms with Crippen molar-refractivity contribution in [3.8, 4) is 0 Å². The Bertz CT molecular complexity index is 602. The number of rotatable bonds is 5. The van der Waals surface area contributed by atoms with Gasteiger partial charge in [-0.2, -0.15) is 4.31 Å². The van der Waals surface area contributed by atoms with Crippen molar-refractivity contribution in [2.75, 3.05) is 19.6 Å². The van der Waals surface area contributed by atoms with Gasteiger partial charge in [0.25, 0.3) is 0 Å². The molecule has 0 bridgehead atoms. The Morgan fingerprint density at radius 3 is 2.52 bits per heavy atom. The first-order valence-electron chi connectivity index (χ1n) is 7.46. The van der Waals surface area contributed by atoms with Crippen LogP contribution < -0.4 is 5.32 Å². The van der Waals surface area contributed by atoms with Gasteiger partial charge in [-0.05, 0) is 67.1 Å². The number of nitrogens with zero attached hydrogens (tertiary/aromatic N) is 1. The lowest BCUT2D eigenvalue weighted by molar-refractivity contribution is 0.288. The van der Waals surface area contributed by atoms with Crippen LogP contribution in [0.1, 0.15) is 30.6 Å². The average molecular weight is 393 g/mol. The van der Waals surface area contributed by atoms with E-state index in [1.807, 2.05) is 6.92 Å². The fourth-order valence-electron chi connectivity index (χ4n) is 2.78. The number of hydrogen-bond donors (Lipinski definition) is 1. The molecule has 3 rings (SSSR count). The Hall–Kier alpha value is 0.0500. The number of halogens is 1. The van der Waals surface area contributed by atoms with Gasteiger partial charge >= 0.3 is 0 Å². The Morgan fingerprint density at radius 1 is 1.33 bits per heavy atom. The first kappa shape index (κ1) is 15.9. The first-order chi connectivity index (χ1) is 9.96. The van der Waals surface area contributed by atoms with Crippen LogP contribution in [-0.2, 0) is 10.0 Å². The summed E-state index contributed by atoms with van der Waals surface area (Å²) in [5.74, 6) is 0.873. The van der Waals surface area contributed by atoms with Gasteiger partial charge in [0.2, 0.25) is 10.0 Å². The third-order valence-electron chi connectivity index (χ3n) is 4.31. The molecule has 4 nitrogen and oxygen atoms in total. The van der Waals surface area contributed by atoms with Gasteiger partial charge in [0.1, 0.15) is 0 Å². The van der Waals surface area contributed by atoms with E-state index in [4.69, 9.17) is 0 Å². The molecule has 0 spiro atoms. The lowest BCUT2D eigenvalue weighted by Gasteiger charge is -2.31. The molecule has 0 radical (unpaired) electrons. The maximum Gasteiger partial charge on any atom is 0.244 e. The molecule has 1 aromatic heterocycles. The van der Waals surface area contributed by atoms with Gasteiger partial charge in [-0.3, -0.25) is 0 Å². The highest BCUT2D eigenvalue weighted by Gasteiger charge is 2.32. The second kappa shape index (κ2) is 6.28. The molecule has 7 heteroatoms. The van der Waals surface area contributed by atoms with Crippen LogP contribution in [0.25, 0.3) is 0 Å². The number of aryl methyl sites for hydroxylation is 1. The maximum absolute atomic E-state index is 12.7. The van der Waals surface area contributed by atoms with E-state index in [2.05, 4.69) is 21.2 Å². The van der Waals surface area contributed by atoms with Crippen molar-refractivity contribution in [3.63, 3.8) is 0 Å². The highest BCUT2D eigenvalue weighted by Crippen LogP contribution is 2.32. The van der Waals surface area contributed by atoms with Crippen LogP contribution in [0, 0.1) is 12.8 Å². The Balaban J connectivity index is 1.61.